The molecule has 29 heavy (non-hydrogen) atoms. The fourth-order valence-corrected chi connectivity index (χ4v) is 4.37. The van der Waals surface area contributed by atoms with E-state index >= 15 is 0 Å². The number of fused-ring (bicyclic) bond motifs is 1. The van der Waals surface area contributed by atoms with E-state index in [1.54, 1.807) is 34.9 Å². The summed E-state index contributed by atoms with van der Waals surface area (Å²) >= 11 is 1.57. The molecular formula is C19H23N5O4S. The first kappa shape index (κ1) is 19.6. The van der Waals surface area contributed by atoms with Crippen molar-refractivity contribution in [1.82, 2.24) is 23.6 Å². The molecule has 1 amide bonds. The van der Waals surface area contributed by atoms with E-state index in [0.29, 0.717) is 30.9 Å². The monoisotopic (exact) mass is 417 g/mol. The maximum Gasteiger partial charge on any atom is 0.332 e. The van der Waals surface area contributed by atoms with Crippen LogP contribution in [0.3, 0.4) is 0 Å². The molecule has 0 aliphatic carbocycles. The van der Waals surface area contributed by atoms with Gasteiger partial charge in [-0.25, -0.2) is 14.3 Å². The summed E-state index contributed by atoms with van der Waals surface area (Å²) in [6, 6.07) is 3.90. The second-order valence-electron chi connectivity index (χ2n) is 7.25. The van der Waals surface area contributed by atoms with E-state index in [1.807, 2.05) is 17.5 Å². The molecule has 0 bridgehead atoms. The molecule has 1 unspecified atom stereocenters. The van der Waals surface area contributed by atoms with Crippen LogP contribution in [0.1, 0.15) is 17.7 Å². The Hall–Kier alpha value is -2.72. The minimum absolute atomic E-state index is 0.0157. The summed E-state index contributed by atoms with van der Waals surface area (Å²) in [5, 5.41) is 1.96. The summed E-state index contributed by atoms with van der Waals surface area (Å²) in [6.45, 7) is 1.26. The second-order valence-corrected chi connectivity index (χ2v) is 8.28. The number of ether oxygens (including phenoxy) is 1. The van der Waals surface area contributed by atoms with Crippen molar-refractivity contribution in [2.24, 2.45) is 14.1 Å². The molecule has 0 N–H and O–H groups in total. The molecule has 4 heterocycles. The minimum atomic E-state index is -0.553. The Labute approximate surface area is 170 Å². The molecule has 10 heteroatoms. The SMILES string of the molecule is Cn1cnc2c1c(=O)n(CC(=O)N(Cc1cccs1)CC1CCCO1)c(=O)n2C. The van der Waals surface area contributed by atoms with E-state index in [4.69, 9.17) is 4.74 Å². The molecule has 1 aliphatic heterocycles. The maximum absolute atomic E-state index is 13.1. The zero-order chi connectivity index (χ0) is 20.5. The lowest BCUT2D eigenvalue weighted by Crippen LogP contribution is -2.45. The van der Waals surface area contributed by atoms with Gasteiger partial charge in [0.2, 0.25) is 5.91 Å². The van der Waals surface area contributed by atoms with Crippen LogP contribution in [-0.4, -0.2) is 48.7 Å². The van der Waals surface area contributed by atoms with Crippen molar-refractivity contribution in [3.63, 3.8) is 0 Å². The Kier molecular flexibility index (Phi) is 5.37. The van der Waals surface area contributed by atoms with E-state index < -0.39 is 11.2 Å². The van der Waals surface area contributed by atoms with Gasteiger partial charge in [-0.1, -0.05) is 6.07 Å². The Morgan fingerprint density at radius 3 is 2.90 bits per heavy atom. The smallest absolute Gasteiger partial charge is 0.332 e. The van der Waals surface area contributed by atoms with Gasteiger partial charge in [-0.15, -0.1) is 11.3 Å². The highest BCUT2D eigenvalue weighted by atomic mass is 32.1. The molecule has 4 rings (SSSR count). The average molecular weight is 417 g/mol. The summed E-state index contributed by atoms with van der Waals surface area (Å²) in [6.07, 6.45) is 3.34. The lowest BCUT2D eigenvalue weighted by molar-refractivity contribution is -0.134. The Morgan fingerprint density at radius 1 is 1.38 bits per heavy atom. The number of thiophene rings is 1. The third-order valence-electron chi connectivity index (χ3n) is 5.22. The van der Waals surface area contributed by atoms with Crippen molar-refractivity contribution in [1.29, 1.82) is 0 Å². The molecule has 1 aliphatic rings. The van der Waals surface area contributed by atoms with Gasteiger partial charge in [-0.3, -0.25) is 14.2 Å². The van der Waals surface area contributed by atoms with Gasteiger partial charge in [0.1, 0.15) is 6.54 Å². The van der Waals surface area contributed by atoms with Gasteiger partial charge in [0.25, 0.3) is 5.56 Å². The normalized spacial score (nSPS) is 16.6. The van der Waals surface area contributed by atoms with Crippen molar-refractivity contribution < 1.29 is 9.53 Å². The summed E-state index contributed by atoms with van der Waals surface area (Å²) in [5.41, 5.74) is -0.461. The number of aromatic nitrogens is 4. The van der Waals surface area contributed by atoms with Crippen molar-refractivity contribution in [2.45, 2.75) is 32.0 Å². The minimum Gasteiger partial charge on any atom is -0.376 e. The van der Waals surface area contributed by atoms with Crippen LogP contribution in [0.15, 0.2) is 33.4 Å². The van der Waals surface area contributed by atoms with E-state index in [0.717, 1.165) is 22.3 Å². The van der Waals surface area contributed by atoms with E-state index in [2.05, 4.69) is 4.98 Å². The molecule has 1 fully saturated rings. The molecular weight excluding hydrogens is 394 g/mol. The van der Waals surface area contributed by atoms with Gasteiger partial charge in [0, 0.05) is 32.1 Å². The van der Waals surface area contributed by atoms with Gasteiger partial charge in [0.05, 0.1) is 19.0 Å². The molecule has 0 saturated carbocycles. The zero-order valence-electron chi connectivity index (χ0n) is 16.4. The molecule has 0 spiro atoms. The summed E-state index contributed by atoms with van der Waals surface area (Å²) in [5.74, 6) is -0.283. The van der Waals surface area contributed by atoms with E-state index in [1.165, 1.54) is 10.9 Å². The number of imidazole rings is 1. The molecule has 3 aromatic heterocycles. The van der Waals surface area contributed by atoms with Crippen molar-refractivity contribution >= 4 is 28.4 Å². The fourth-order valence-electron chi connectivity index (χ4n) is 3.65. The topological polar surface area (TPSA) is 91.4 Å². The predicted molar refractivity (Wildman–Crippen MR) is 109 cm³/mol. The first-order valence-corrected chi connectivity index (χ1v) is 10.4. The quantitative estimate of drug-likeness (QED) is 0.589. The van der Waals surface area contributed by atoms with Crippen LogP contribution in [0.2, 0.25) is 0 Å². The highest BCUT2D eigenvalue weighted by molar-refractivity contribution is 7.09. The van der Waals surface area contributed by atoms with Crippen LogP contribution in [0.5, 0.6) is 0 Å². The van der Waals surface area contributed by atoms with Crippen molar-refractivity contribution in [3.8, 4) is 0 Å². The number of carbonyl (C=O) groups excluding carboxylic acids is 1. The maximum atomic E-state index is 13.1. The van der Waals surface area contributed by atoms with Crippen LogP contribution in [0.25, 0.3) is 11.2 Å². The zero-order valence-corrected chi connectivity index (χ0v) is 17.2. The molecule has 1 atom stereocenters. The van der Waals surface area contributed by atoms with Crippen LogP contribution in [0.4, 0.5) is 0 Å². The molecule has 0 radical (unpaired) electrons. The largest absolute Gasteiger partial charge is 0.376 e. The fraction of sp³-hybridized carbons (Fsp3) is 0.474. The molecule has 0 aromatic carbocycles. The lowest BCUT2D eigenvalue weighted by Gasteiger charge is -2.25. The van der Waals surface area contributed by atoms with Crippen LogP contribution in [0, 0.1) is 0 Å². The first-order valence-electron chi connectivity index (χ1n) is 9.48. The summed E-state index contributed by atoms with van der Waals surface area (Å²) in [7, 11) is 3.24. The summed E-state index contributed by atoms with van der Waals surface area (Å²) < 4.78 is 9.55. The number of hydrogen-bond donors (Lipinski definition) is 0. The highest BCUT2D eigenvalue weighted by Gasteiger charge is 2.25. The van der Waals surface area contributed by atoms with E-state index in [-0.39, 0.29) is 18.6 Å². The molecule has 1 saturated heterocycles. The molecule has 154 valence electrons. The van der Waals surface area contributed by atoms with Crippen molar-refractivity contribution in [3.05, 3.63) is 49.6 Å². The third kappa shape index (κ3) is 3.77. The Balaban J connectivity index is 1.65. The second kappa shape index (κ2) is 7.96. The number of aryl methyl sites for hydroxylation is 2. The average Bonchev–Trinajstić information content (AvgIpc) is 3.45. The highest BCUT2D eigenvalue weighted by Crippen LogP contribution is 2.17. The Morgan fingerprint density at radius 2 is 2.21 bits per heavy atom. The van der Waals surface area contributed by atoms with Gasteiger partial charge >= 0.3 is 5.69 Å². The number of rotatable bonds is 6. The molecule has 3 aromatic rings. The Bertz CT molecular complexity index is 1140. The molecule has 9 nitrogen and oxygen atoms in total. The number of hydrogen-bond acceptors (Lipinski definition) is 6. The first-order chi connectivity index (χ1) is 14.0. The van der Waals surface area contributed by atoms with Gasteiger partial charge in [-0.2, -0.15) is 0 Å². The van der Waals surface area contributed by atoms with Crippen molar-refractivity contribution in [2.75, 3.05) is 13.2 Å². The van der Waals surface area contributed by atoms with Gasteiger partial charge < -0.3 is 14.2 Å². The summed E-state index contributed by atoms with van der Waals surface area (Å²) in [4.78, 5) is 45.6. The van der Waals surface area contributed by atoms with Crippen LogP contribution in [-0.2, 0) is 36.7 Å². The van der Waals surface area contributed by atoms with Gasteiger partial charge in [-0.05, 0) is 24.3 Å². The van der Waals surface area contributed by atoms with E-state index in [9.17, 15) is 14.4 Å². The number of carbonyl (C=O) groups is 1. The van der Waals surface area contributed by atoms with Crippen LogP contribution < -0.4 is 11.2 Å². The number of nitrogens with zero attached hydrogens (tertiary/aromatic N) is 5. The number of amides is 1. The van der Waals surface area contributed by atoms with Crippen LogP contribution >= 0.6 is 11.3 Å². The lowest BCUT2D eigenvalue weighted by atomic mass is 10.2. The standard InChI is InChI=1S/C19H23N5O4S/c1-21-12-20-17-16(21)18(26)24(19(27)22(17)2)11-15(25)23(9-13-5-3-7-28-13)10-14-6-4-8-29-14/h4,6,8,12-13H,3,5,7,9-11H2,1-2H3. The third-order valence-corrected chi connectivity index (χ3v) is 6.08. The van der Waals surface area contributed by atoms with Gasteiger partial charge in [0.15, 0.2) is 11.2 Å². The predicted octanol–water partition coefficient (Wildman–Crippen LogP) is 0.703.